The van der Waals surface area contributed by atoms with Gasteiger partial charge in [0, 0.05) is 23.3 Å². The van der Waals surface area contributed by atoms with Crippen LogP contribution in [-0.4, -0.2) is 18.2 Å². The van der Waals surface area contributed by atoms with Crippen LogP contribution in [-0.2, 0) is 17.1 Å². The van der Waals surface area contributed by atoms with E-state index >= 15 is 0 Å². The average molecular weight is 345 g/mol. The molecule has 0 saturated carbocycles. The summed E-state index contributed by atoms with van der Waals surface area (Å²) in [6, 6.07) is 6.12. The van der Waals surface area contributed by atoms with Gasteiger partial charge in [-0.05, 0) is 41.1 Å². The molecule has 8 heteroatoms. The Morgan fingerprint density at radius 2 is 2.05 bits per heavy atom. The number of nitrogens with two attached hydrogens (primary N) is 1. The lowest BCUT2D eigenvalue weighted by Gasteiger charge is -2.09. The molecule has 0 radical (unpaired) electrons. The summed E-state index contributed by atoms with van der Waals surface area (Å²) in [5.74, 6) is 0.402. The van der Waals surface area contributed by atoms with Gasteiger partial charge in [-0.25, -0.2) is 8.42 Å². The van der Waals surface area contributed by atoms with E-state index in [1.165, 1.54) is 16.8 Å². The molecule has 3 N–H and O–H groups in total. The summed E-state index contributed by atoms with van der Waals surface area (Å²) in [6.45, 7) is 1.79. The van der Waals surface area contributed by atoms with Gasteiger partial charge in [0.1, 0.15) is 5.82 Å². The van der Waals surface area contributed by atoms with Gasteiger partial charge in [0.05, 0.1) is 10.6 Å². The fourth-order valence-electron chi connectivity index (χ4n) is 1.59. The van der Waals surface area contributed by atoms with Crippen LogP contribution in [0.25, 0.3) is 0 Å². The van der Waals surface area contributed by atoms with Crippen LogP contribution < -0.4 is 10.5 Å². The van der Waals surface area contributed by atoms with Crippen LogP contribution in [0.2, 0.25) is 0 Å². The van der Waals surface area contributed by atoms with Gasteiger partial charge >= 0.3 is 0 Å². The van der Waals surface area contributed by atoms with E-state index in [9.17, 15) is 8.42 Å². The Morgan fingerprint density at radius 1 is 1.37 bits per heavy atom. The highest BCUT2D eigenvalue weighted by Gasteiger charge is 2.17. The highest BCUT2D eigenvalue weighted by atomic mass is 79.9. The topological polar surface area (TPSA) is 90.0 Å². The molecule has 0 spiro atoms. The van der Waals surface area contributed by atoms with E-state index in [0.29, 0.717) is 16.0 Å². The van der Waals surface area contributed by atoms with Crippen LogP contribution >= 0.6 is 15.9 Å². The Hall–Kier alpha value is -1.54. The van der Waals surface area contributed by atoms with E-state index in [1.54, 1.807) is 26.1 Å². The first-order valence-corrected chi connectivity index (χ1v) is 7.66. The highest BCUT2D eigenvalue weighted by molar-refractivity contribution is 9.10. The predicted molar refractivity (Wildman–Crippen MR) is 77.3 cm³/mol. The summed E-state index contributed by atoms with van der Waals surface area (Å²) < 4.78 is 29.0. The summed E-state index contributed by atoms with van der Waals surface area (Å²) in [6.07, 6.45) is 0. The van der Waals surface area contributed by atoms with E-state index in [2.05, 4.69) is 25.8 Å². The zero-order valence-corrected chi connectivity index (χ0v) is 12.8. The summed E-state index contributed by atoms with van der Waals surface area (Å²) in [7, 11) is -2.01. The van der Waals surface area contributed by atoms with Gasteiger partial charge < -0.3 is 5.73 Å². The van der Waals surface area contributed by atoms with Gasteiger partial charge in [-0.2, -0.15) is 5.10 Å². The molecule has 0 atom stereocenters. The molecule has 0 amide bonds. The van der Waals surface area contributed by atoms with E-state index in [4.69, 9.17) is 5.73 Å². The zero-order chi connectivity index (χ0) is 14.2. The second-order valence-corrected chi connectivity index (χ2v) is 6.62. The van der Waals surface area contributed by atoms with Crippen LogP contribution in [0.15, 0.2) is 33.6 Å². The Balaban J connectivity index is 2.37. The maximum atomic E-state index is 12.2. The van der Waals surface area contributed by atoms with Crippen LogP contribution in [0, 0.1) is 6.92 Å². The van der Waals surface area contributed by atoms with Crippen molar-refractivity contribution in [1.82, 2.24) is 9.78 Å². The van der Waals surface area contributed by atoms with Gasteiger partial charge in [-0.3, -0.25) is 9.40 Å². The number of anilines is 2. The average Bonchev–Trinajstić information content (AvgIpc) is 2.60. The van der Waals surface area contributed by atoms with E-state index in [-0.39, 0.29) is 4.90 Å². The van der Waals surface area contributed by atoms with Gasteiger partial charge in [-0.15, -0.1) is 0 Å². The summed E-state index contributed by atoms with van der Waals surface area (Å²) >= 11 is 3.22. The number of nitrogen functional groups attached to an aromatic ring is 1. The first-order chi connectivity index (χ1) is 8.79. The summed E-state index contributed by atoms with van der Waals surface area (Å²) in [5.41, 5.74) is 6.78. The molecule has 0 unspecified atom stereocenters. The minimum Gasteiger partial charge on any atom is -0.398 e. The Morgan fingerprint density at radius 3 is 2.58 bits per heavy atom. The number of sulfonamides is 1. The third-order valence-corrected chi connectivity index (χ3v) is 4.59. The minimum atomic E-state index is -3.67. The van der Waals surface area contributed by atoms with Crippen LogP contribution in [0.4, 0.5) is 11.5 Å². The maximum Gasteiger partial charge on any atom is 0.263 e. The molecule has 0 aliphatic heterocycles. The molecule has 6 nitrogen and oxygen atoms in total. The normalized spacial score (nSPS) is 11.5. The molecule has 0 aliphatic rings. The van der Waals surface area contributed by atoms with Crippen molar-refractivity contribution in [2.45, 2.75) is 11.8 Å². The number of hydrogen-bond donors (Lipinski definition) is 2. The molecular weight excluding hydrogens is 332 g/mol. The third-order valence-electron chi connectivity index (χ3n) is 2.52. The monoisotopic (exact) mass is 344 g/mol. The maximum absolute atomic E-state index is 12.2. The van der Waals surface area contributed by atoms with Gasteiger partial charge in [-0.1, -0.05) is 0 Å². The molecule has 1 aromatic carbocycles. The number of aryl methyl sites for hydroxylation is 2. The highest BCUT2D eigenvalue weighted by Crippen LogP contribution is 2.24. The number of nitrogens with zero attached hydrogens (tertiary/aromatic N) is 2. The summed E-state index contributed by atoms with van der Waals surface area (Å²) in [4.78, 5) is 0.104. The molecule has 1 heterocycles. The first-order valence-electron chi connectivity index (χ1n) is 5.38. The van der Waals surface area contributed by atoms with Crippen molar-refractivity contribution in [2.24, 2.45) is 7.05 Å². The second-order valence-electron chi connectivity index (χ2n) is 4.08. The number of halogens is 1. The molecule has 0 fully saturated rings. The smallest absolute Gasteiger partial charge is 0.263 e. The lowest BCUT2D eigenvalue weighted by molar-refractivity contribution is 0.600. The predicted octanol–water partition coefficient (Wildman–Crippen LogP) is 1.87. The minimum absolute atomic E-state index is 0.104. The van der Waals surface area contributed by atoms with Crippen LogP contribution in [0.3, 0.4) is 0 Å². The van der Waals surface area contributed by atoms with Crippen molar-refractivity contribution < 1.29 is 8.42 Å². The third kappa shape index (κ3) is 2.90. The molecule has 102 valence electrons. The molecule has 1 aromatic heterocycles. The Labute approximate surface area is 119 Å². The second kappa shape index (κ2) is 4.86. The quantitative estimate of drug-likeness (QED) is 0.831. The number of rotatable bonds is 3. The van der Waals surface area contributed by atoms with Crippen LogP contribution in [0.5, 0.6) is 0 Å². The van der Waals surface area contributed by atoms with Crippen molar-refractivity contribution in [3.05, 3.63) is 34.4 Å². The van der Waals surface area contributed by atoms with E-state index in [1.807, 2.05) is 0 Å². The molecule has 0 aliphatic carbocycles. The number of hydrogen-bond acceptors (Lipinski definition) is 4. The molecular formula is C11H13BrN4O2S. The Kier molecular flexibility index (Phi) is 3.55. The standard InChI is InChI=1S/C11H13BrN4O2S/c1-7-5-11(16(2)14-7)15-19(17,18)8-3-4-9(12)10(13)6-8/h3-6,15H,13H2,1-2H3. The van der Waals surface area contributed by atoms with E-state index in [0.717, 1.165) is 5.69 Å². The molecule has 0 saturated heterocycles. The fourth-order valence-corrected chi connectivity index (χ4v) is 2.95. The van der Waals surface area contributed by atoms with Gasteiger partial charge in [0.2, 0.25) is 0 Å². The first kappa shape index (κ1) is 13.9. The Bertz CT molecular complexity index is 724. The molecule has 2 aromatic rings. The number of aromatic nitrogens is 2. The summed E-state index contributed by atoms with van der Waals surface area (Å²) in [5, 5.41) is 4.08. The lowest BCUT2D eigenvalue weighted by Crippen LogP contribution is -2.15. The lowest BCUT2D eigenvalue weighted by atomic mass is 10.3. The van der Waals surface area contributed by atoms with Gasteiger partial charge in [0.25, 0.3) is 10.0 Å². The van der Waals surface area contributed by atoms with Crippen LogP contribution in [0.1, 0.15) is 5.69 Å². The van der Waals surface area contributed by atoms with Crippen molar-refractivity contribution in [3.8, 4) is 0 Å². The van der Waals surface area contributed by atoms with Crippen molar-refractivity contribution in [2.75, 3.05) is 10.5 Å². The number of benzene rings is 1. The zero-order valence-electron chi connectivity index (χ0n) is 10.4. The van der Waals surface area contributed by atoms with Crippen molar-refractivity contribution >= 4 is 37.5 Å². The van der Waals surface area contributed by atoms with Crippen molar-refractivity contribution in [3.63, 3.8) is 0 Å². The van der Waals surface area contributed by atoms with Gasteiger partial charge in [0.15, 0.2) is 0 Å². The SMILES string of the molecule is Cc1cc(NS(=O)(=O)c2ccc(Br)c(N)c2)n(C)n1. The van der Waals surface area contributed by atoms with Crippen molar-refractivity contribution in [1.29, 1.82) is 0 Å². The molecule has 19 heavy (non-hydrogen) atoms. The van der Waals surface area contributed by atoms with E-state index < -0.39 is 10.0 Å². The fraction of sp³-hybridized carbons (Fsp3) is 0.182. The largest absolute Gasteiger partial charge is 0.398 e. The molecule has 2 rings (SSSR count). The number of nitrogens with one attached hydrogen (secondary N) is 1. The molecule has 0 bridgehead atoms.